The molecule has 6 rings (SSSR count). The molecule has 136 valence electrons. The number of aromatic nitrogens is 6. The first-order chi connectivity index (χ1) is 13.2. The van der Waals surface area contributed by atoms with Crippen molar-refractivity contribution in [1.82, 2.24) is 33.9 Å². The molecule has 1 saturated carbocycles. The van der Waals surface area contributed by atoms with Crippen molar-refractivity contribution in [3.8, 4) is 11.1 Å². The van der Waals surface area contributed by atoms with E-state index in [0.717, 1.165) is 16.6 Å². The van der Waals surface area contributed by atoms with Gasteiger partial charge in [0.2, 0.25) is 11.7 Å². The van der Waals surface area contributed by atoms with Crippen LogP contribution in [0.5, 0.6) is 0 Å². The number of fused-ring (bicyclic) bond motifs is 2. The molecule has 8 nitrogen and oxygen atoms in total. The average molecular weight is 360 g/mol. The minimum Gasteiger partial charge on any atom is -0.350 e. The Morgan fingerprint density at radius 1 is 1.11 bits per heavy atom. The fourth-order valence-electron chi connectivity index (χ4n) is 4.79. The molecule has 1 saturated heterocycles. The van der Waals surface area contributed by atoms with Crippen LogP contribution in [0.1, 0.15) is 12.8 Å². The highest BCUT2D eigenvalue weighted by molar-refractivity contribution is 5.79. The minimum absolute atomic E-state index is 0.485. The third kappa shape index (κ3) is 2.33. The van der Waals surface area contributed by atoms with Crippen LogP contribution < -0.4 is 5.32 Å². The predicted molar refractivity (Wildman–Crippen MR) is 102 cm³/mol. The first-order valence-electron chi connectivity index (χ1n) is 9.26. The molecule has 0 unspecified atom stereocenters. The summed E-state index contributed by atoms with van der Waals surface area (Å²) in [4.78, 5) is 15.5. The van der Waals surface area contributed by atoms with Gasteiger partial charge < -0.3 is 10.2 Å². The van der Waals surface area contributed by atoms with E-state index in [0.29, 0.717) is 23.2 Å². The third-order valence-electron chi connectivity index (χ3n) is 5.88. The van der Waals surface area contributed by atoms with Gasteiger partial charge in [0.1, 0.15) is 0 Å². The van der Waals surface area contributed by atoms with Crippen molar-refractivity contribution in [3.05, 3.63) is 43.2 Å². The maximum atomic E-state index is 4.65. The largest absolute Gasteiger partial charge is 0.350 e. The zero-order valence-corrected chi connectivity index (χ0v) is 15.1. The van der Waals surface area contributed by atoms with Gasteiger partial charge in [0, 0.05) is 61.2 Å². The van der Waals surface area contributed by atoms with E-state index in [4.69, 9.17) is 0 Å². The lowest BCUT2D eigenvalue weighted by molar-refractivity contribution is -0.0514. The lowest BCUT2D eigenvalue weighted by atomic mass is 9.61. The van der Waals surface area contributed by atoms with E-state index in [-0.39, 0.29) is 0 Å². The van der Waals surface area contributed by atoms with Crippen LogP contribution in [-0.2, 0) is 0 Å². The molecule has 1 aliphatic heterocycles. The lowest BCUT2D eigenvalue weighted by Gasteiger charge is -2.58. The van der Waals surface area contributed by atoms with E-state index in [1.54, 1.807) is 6.20 Å². The molecule has 1 N–H and O–H groups in total. The summed E-state index contributed by atoms with van der Waals surface area (Å²) in [6.07, 6.45) is 13.8. The normalized spacial score (nSPS) is 19.4. The second-order valence-corrected chi connectivity index (χ2v) is 8.04. The fourth-order valence-corrected chi connectivity index (χ4v) is 4.79. The SMILES string of the molecule is CN1CC2(CC(Nc3ncc4c(-c5cnc6nccn6c5)ccn4n3)C2)C1. The van der Waals surface area contributed by atoms with Crippen molar-refractivity contribution in [3.63, 3.8) is 0 Å². The number of nitrogens with zero attached hydrogens (tertiary/aromatic N) is 7. The molecule has 0 bridgehead atoms. The molecule has 0 radical (unpaired) electrons. The Kier molecular flexibility index (Phi) is 2.94. The van der Waals surface area contributed by atoms with Crippen LogP contribution in [0.25, 0.3) is 22.4 Å². The number of hydrogen-bond donors (Lipinski definition) is 1. The van der Waals surface area contributed by atoms with E-state index in [9.17, 15) is 0 Å². The molecular formula is C19H20N8. The predicted octanol–water partition coefficient (Wildman–Crippen LogP) is 1.95. The van der Waals surface area contributed by atoms with Crippen molar-refractivity contribution < 1.29 is 0 Å². The van der Waals surface area contributed by atoms with Gasteiger partial charge in [0.05, 0.1) is 11.7 Å². The molecule has 0 aromatic carbocycles. The molecule has 5 heterocycles. The van der Waals surface area contributed by atoms with Crippen molar-refractivity contribution >= 4 is 17.2 Å². The second kappa shape index (κ2) is 5.26. The molecular weight excluding hydrogens is 340 g/mol. The van der Waals surface area contributed by atoms with Gasteiger partial charge in [-0.3, -0.25) is 4.40 Å². The average Bonchev–Trinajstić information content (AvgIpc) is 3.24. The van der Waals surface area contributed by atoms with Crippen LogP contribution in [0.3, 0.4) is 0 Å². The van der Waals surface area contributed by atoms with Crippen LogP contribution in [0.15, 0.2) is 43.2 Å². The quantitative estimate of drug-likeness (QED) is 0.602. The van der Waals surface area contributed by atoms with Crippen molar-refractivity contribution in [2.24, 2.45) is 5.41 Å². The van der Waals surface area contributed by atoms with Crippen LogP contribution in [0, 0.1) is 5.41 Å². The summed E-state index contributed by atoms with van der Waals surface area (Å²) < 4.78 is 3.80. The highest BCUT2D eigenvalue weighted by Crippen LogP contribution is 2.48. The standard InChI is InChI=1S/C19H20N8/c1-25-11-19(12-25)6-14(7-19)23-17-21-9-16-15(2-4-27(16)24-17)13-8-22-18-20-3-5-26(18)10-13/h2-5,8-10,14H,6-7,11-12H2,1H3,(H,23,24). The molecule has 4 aromatic heterocycles. The molecule has 8 heteroatoms. The maximum Gasteiger partial charge on any atom is 0.241 e. The van der Waals surface area contributed by atoms with Crippen molar-refractivity contribution in [1.29, 1.82) is 0 Å². The number of anilines is 1. The zero-order chi connectivity index (χ0) is 18.0. The minimum atomic E-state index is 0.485. The summed E-state index contributed by atoms with van der Waals surface area (Å²) in [5.74, 6) is 1.39. The van der Waals surface area contributed by atoms with Gasteiger partial charge in [-0.25, -0.2) is 19.5 Å². The number of rotatable bonds is 3. The second-order valence-electron chi connectivity index (χ2n) is 8.04. The van der Waals surface area contributed by atoms with Gasteiger partial charge in [-0.15, -0.1) is 5.10 Å². The summed E-state index contributed by atoms with van der Waals surface area (Å²) in [6, 6.07) is 2.54. The van der Waals surface area contributed by atoms with Crippen molar-refractivity contribution in [2.45, 2.75) is 18.9 Å². The number of imidazole rings is 1. The van der Waals surface area contributed by atoms with Crippen molar-refractivity contribution in [2.75, 3.05) is 25.5 Å². The Morgan fingerprint density at radius 3 is 2.85 bits per heavy atom. The molecule has 2 fully saturated rings. The molecule has 0 amide bonds. The summed E-state index contributed by atoms with van der Waals surface area (Å²) in [6.45, 7) is 2.45. The van der Waals surface area contributed by atoms with Gasteiger partial charge in [-0.1, -0.05) is 0 Å². The smallest absolute Gasteiger partial charge is 0.241 e. The highest BCUT2D eigenvalue weighted by atomic mass is 15.3. The van der Waals surface area contributed by atoms with Gasteiger partial charge >= 0.3 is 0 Å². The first-order valence-corrected chi connectivity index (χ1v) is 9.26. The summed E-state index contributed by atoms with van der Waals surface area (Å²) in [5.41, 5.74) is 3.59. The van der Waals surface area contributed by atoms with E-state index in [1.165, 1.54) is 25.9 Å². The highest BCUT2D eigenvalue weighted by Gasteiger charge is 2.51. The Bertz CT molecular complexity index is 1140. The molecule has 4 aromatic rings. The Labute approximate surface area is 155 Å². The van der Waals surface area contributed by atoms with Gasteiger partial charge in [-0.05, 0) is 31.4 Å². The van der Waals surface area contributed by atoms with Gasteiger partial charge in [0.25, 0.3) is 0 Å². The topological polar surface area (TPSA) is 75.6 Å². The molecule has 1 spiro atoms. The zero-order valence-electron chi connectivity index (χ0n) is 15.1. The van der Waals surface area contributed by atoms with Crippen LogP contribution >= 0.6 is 0 Å². The molecule has 0 atom stereocenters. The maximum absolute atomic E-state index is 4.65. The van der Waals surface area contributed by atoms with E-state index < -0.39 is 0 Å². The summed E-state index contributed by atoms with van der Waals surface area (Å²) >= 11 is 0. The Hall–Kier alpha value is -3.00. The fraction of sp³-hybridized carbons (Fsp3) is 0.368. The molecule has 1 aliphatic carbocycles. The number of hydrogen-bond acceptors (Lipinski definition) is 6. The Morgan fingerprint density at radius 2 is 2.00 bits per heavy atom. The van der Waals surface area contributed by atoms with Gasteiger partial charge in [0.15, 0.2) is 0 Å². The van der Waals surface area contributed by atoms with Crippen LogP contribution in [0.2, 0.25) is 0 Å². The van der Waals surface area contributed by atoms with E-state index >= 15 is 0 Å². The third-order valence-corrected chi connectivity index (χ3v) is 5.88. The van der Waals surface area contributed by atoms with E-state index in [1.807, 2.05) is 39.9 Å². The van der Waals surface area contributed by atoms with Gasteiger partial charge in [-0.2, -0.15) is 0 Å². The van der Waals surface area contributed by atoms with E-state index in [2.05, 4.69) is 43.4 Å². The monoisotopic (exact) mass is 360 g/mol. The number of likely N-dealkylation sites (tertiary alicyclic amines) is 1. The first kappa shape index (κ1) is 15.1. The Balaban J connectivity index is 1.25. The molecule has 27 heavy (non-hydrogen) atoms. The summed E-state index contributed by atoms with van der Waals surface area (Å²) in [7, 11) is 2.19. The van der Waals surface area contributed by atoms with Crippen LogP contribution in [-0.4, -0.2) is 60.0 Å². The number of nitrogens with one attached hydrogen (secondary N) is 1. The lowest BCUT2D eigenvalue weighted by Crippen LogP contribution is -2.63. The summed E-state index contributed by atoms with van der Waals surface area (Å²) in [5, 5.41) is 8.14. The molecule has 2 aliphatic rings. The van der Waals surface area contributed by atoms with Crippen LogP contribution in [0.4, 0.5) is 5.95 Å².